The van der Waals surface area contributed by atoms with Crippen LogP contribution in [-0.2, 0) is 6.42 Å². The van der Waals surface area contributed by atoms with Gasteiger partial charge in [0.05, 0.1) is 6.20 Å². The zero-order valence-corrected chi connectivity index (χ0v) is 29.4. The molecule has 1 aromatic heterocycles. The van der Waals surface area contributed by atoms with Crippen LogP contribution in [0.2, 0.25) is 0 Å². The zero-order valence-electron chi connectivity index (χ0n) is 29.4. The maximum Gasteiger partial charge on any atom is 0.0568 e. The lowest BCUT2D eigenvalue weighted by molar-refractivity contribution is 0.398. The molecule has 44 heavy (non-hydrogen) atoms. The molecule has 5 rings (SSSR count). The normalized spacial score (nSPS) is 15.6. The van der Waals surface area contributed by atoms with E-state index in [1.54, 1.807) is 5.56 Å². The van der Waals surface area contributed by atoms with Gasteiger partial charge in [0.25, 0.3) is 0 Å². The molecule has 2 aliphatic rings. The van der Waals surface area contributed by atoms with Crippen LogP contribution in [0.5, 0.6) is 0 Å². The quantitative estimate of drug-likeness (QED) is 0.245. The smallest absolute Gasteiger partial charge is 0.0568 e. The van der Waals surface area contributed by atoms with E-state index < -0.39 is 0 Å². The van der Waals surface area contributed by atoms with E-state index in [-0.39, 0.29) is 0 Å². The van der Waals surface area contributed by atoms with Gasteiger partial charge >= 0.3 is 0 Å². The lowest BCUT2D eigenvalue weighted by Gasteiger charge is -2.31. The number of allylic oxidation sites excluding steroid dienone is 1. The number of benzene rings is 2. The minimum absolute atomic E-state index is 0.385. The summed E-state index contributed by atoms with van der Waals surface area (Å²) >= 11 is 0. The second kappa shape index (κ2) is 18.9. The van der Waals surface area contributed by atoms with Crippen molar-refractivity contribution in [2.45, 2.75) is 143 Å². The molecule has 0 N–H and O–H groups in total. The van der Waals surface area contributed by atoms with Gasteiger partial charge in [-0.05, 0) is 99.1 Å². The molecule has 3 aromatic rings. The van der Waals surface area contributed by atoms with Gasteiger partial charge in [0, 0.05) is 36.2 Å². The molecule has 2 saturated carbocycles. The molecule has 3 nitrogen and oxygen atoms in total. The summed E-state index contributed by atoms with van der Waals surface area (Å²) in [6.45, 7) is 17.6. The molecule has 0 aliphatic heterocycles. The Labute approximate surface area is 271 Å². The Hall–Kier alpha value is -2.81. The molecule has 0 saturated heterocycles. The molecule has 0 unspecified atom stereocenters. The second-order valence-corrected chi connectivity index (χ2v) is 13.5. The van der Waals surface area contributed by atoms with E-state index in [1.807, 2.05) is 10.9 Å². The first-order valence-electron chi connectivity index (χ1n) is 17.9. The summed E-state index contributed by atoms with van der Waals surface area (Å²) in [6, 6.07) is 16.2. The molecule has 0 bridgehead atoms. The first-order valence-corrected chi connectivity index (χ1v) is 17.9. The fraction of sp³-hybridized carbons (Fsp3) is 0.585. The van der Waals surface area contributed by atoms with E-state index in [0.29, 0.717) is 12.0 Å². The van der Waals surface area contributed by atoms with Crippen molar-refractivity contribution >= 4 is 5.69 Å². The predicted octanol–water partition coefficient (Wildman–Crippen LogP) is 12.5. The Morgan fingerprint density at radius 2 is 1.55 bits per heavy atom. The van der Waals surface area contributed by atoms with Gasteiger partial charge in [-0.1, -0.05) is 115 Å². The lowest BCUT2D eigenvalue weighted by atomic mass is 9.83. The van der Waals surface area contributed by atoms with E-state index >= 15 is 0 Å². The molecule has 3 heteroatoms. The predicted molar refractivity (Wildman–Crippen MR) is 194 cm³/mol. The van der Waals surface area contributed by atoms with Gasteiger partial charge in [0.1, 0.15) is 0 Å². The van der Waals surface area contributed by atoms with Gasteiger partial charge in [-0.25, -0.2) is 0 Å². The highest BCUT2D eigenvalue weighted by Crippen LogP contribution is 2.34. The number of anilines is 1. The number of hydrogen-bond acceptors (Lipinski definition) is 2. The minimum Gasteiger partial charge on any atom is -0.348 e. The standard InChI is InChI=1S/C21H29N3.C15H22.C5H12/c1-16(2)24-15-20(14-22-24)19-11-8-12-21(13-19)23(4)17(3)18-9-6-5-7-10-18;1-3-13-9-10-15(11-12(13)2)14-7-5-4-6-8-14;1-3-5-4-2/h8,11-16,18H,3,5-7,9-10H2,1-2,4H3;9-11,14H,3-8H2,1-2H3;3-5H2,1-2H3. The molecule has 0 radical (unpaired) electrons. The monoisotopic (exact) mass is 598 g/mol. The summed E-state index contributed by atoms with van der Waals surface area (Å²) in [5.41, 5.74) is 9.43. The summed E-state index contributed by atoms with van der Waals surface area (Å²) < 4.78 is 2.01. The lowest BCUT2D eigenvalue weighted by Crippen LogP contribution is -2.23. The Morgan fingerprint density at radius 1 is 0.886 bits per heavy atom. The molecular formula is C41H63N3. The number of hydrogen-bond donors (Lipinski definition) is 0. The molecule has 0 spiro atoms. The van der Waals surface area contributed by atoms with Crippen molar-refractivity contribution in [2.75, 3.05) is 11.9 Å². The van der Waals surface area contributed by atoms with Crippen molar-refractivity contribution in [1.82, 2.24) is 9.78 Å². The van der Waals surface area contributed by atoms with Crippen LogP contribution in [0.3, 0.4) is 0 Å². The molecule has 2 aromatic carbocycles. The fourth-order valence-electron chi connectivity index (χ4n) is 6.70. The summed E-state index contributed by atoms with van der Waals surface area (Å²) in [5, 5.41) is 4.46. The van der Waals surface area contributed by atoms with Gasteiger partial charge < -0.3 is 4.90 Å². The highest BCUT2D eigenvalue weighted by Gasteiger charge is 2.20. The molecule has 242 valence electrons. The van der Waals surface area contributed by atoms with Crippen molar-refractivity contribution in [3.8, 4) is 11.1 Å². The maximum atomic E-state index is 4.46. The van der Waals surface area contributed by atoms with E-state index in [2.05, 4.69) is 114 Å². The second-order valence-electron chi connectivity index (χ2n) is 13.5. The third kappa shape index (κ3) is 10.7. The van der Waals surface area contributed by atoms with Gasteiger partial charge in [0.15, 0.2) is 0 Å². The first kappa shape index (κ1) is 35.7. The maximum absolute atomic E-state index is 4.46. The number of aromatic nitrogens is 2. The largest absolute Gasteiger partial charge is 0.348 e. The zero-order chi connectivity index (χ0) is 31.9. The number of nitrogens with zero attached hydrogens (tertiary/aromatic N) is 3. The van der Waals surface area contributed by atoms with Crippen molar-refractivity contribution in [3.05, 3.63) is 83.8 Å². The first-order chi connectivity index (χ1) is 21.3. The van der Waals surface area contributed by atoms with Crippen LogP contribution < -0.4 is 4.90 Å². The van der Waals surface area contributed by atoms with E-state index in [1.165, 1.54) is 117 Å². The molecule has 2 fully saturated rings. The van der Waals surface area contributed by atoms with Crippen molar-refractivity contribution in [3.63, 3.8) is 0 Å². The van der Waals surface area contributed by atoms with Crippen molar-refractivity contribution in [2.24, 2.45) is 5.92 Å². The molecule has 0 atom stereocenters. The Balaban J connectivity index is 0.000000225. The van der Waals surface area contributed by atoms with E-state index in [9.17, 15) is 0 Å². The number of aryl methyl sites for hydroxylation is 2. The minimum atomic E-state index is 0.385. The van der Waals surface area contributed by atoms with Gasteiger partial charge in [0.2, 0.25) is 0 Å². The van der Waals surface area contributed by atoms with Crippen LogP contribution in [0, 0.1) is 12.8 Å². The molecule has 2 aliphatic carbocycles. The summed E-state index contributed by atoms with van der Waals surface area (Å²) in [4.78, 5) is 2.27. The highest BCUT2D eigenvalue weighted by atomic mass is 15.3. The van der Waals surface area contributed by atoms with Crippen LogP contribution in [0.25, 0.3) is 11.1 Å². The number of rotatable bonds is 9. The summed E-state index contributed by atoms with van der Waals surface area (Å²) in [6.07, 6.45) is 23.1. The van der Waals surface area contributed by atoms with Crippen molar-refractivity contribution < 1.29 is 0 Å². The fourth-order valence-corrected chi connectivity index (χ4v) is 6.70. The van der Waals surface area contributed by atoms with Crippen LogP contribution >= 0.6 is 0 Å². The van der Waals surface area contributed by atoms with Crippen LogP contribution in [0.4, 0.5) is 5.69 Å². The third-order valence-electron chi connectivity index (χ3n) is 9.74. The van der Waals surface area contributed by atoms with E-state index in [4.69, 9.17) is 0 Å². The highest BCUT2D eigenvalue weighted by molar-refractivity contribution is 5.68. The average molecular weight is 598 g/mol. The van der Waals surface area contributed by atoms with Gasteiger partial charge in [-0.15, -0.1) is 0 Å². The Morgan fingerprint density at radius 3 is 2.09 bits per heavy atom. The SMILES string of the molecule is C=C(C1CCCCC1)N(C)c1cccc(-c2cnn(C(C)C)c2)c1.CCCCC.CCc1ccc(C2CCCCC2)cc1C. The van der Waals surface area contributed by atoms with E-state index in [0.717, 1.165) is 12.3 Å². The topological polar surface area (TPSA) is 21.1 Å². The molecule has 1 heterocycles. The Bertz CT molecular complexity index is 1240. The Kier molecular flexibility index (Phi) is 15.3. The van der Waals surface area contributed by atoms with Crippen LogP contribution in [0.15, 0.2) is 67.1 Å². The number of unbranched alkanes of at least 4 members (excludes halogenated alkanes) is 2. The molecular weight excluding hydrogens is 534 g/mol. The van der Waals surface area contributed by atoms with Crippen molar-refractivity contribution in [1.29, 1.82) is 0 Å². The summed E-state index contributed by atoms with van der Waals surface area (Å²) in [5.74, 6) is 1.49. The average Bonchev–Trinajstić information content (AvgIpc) is 3.57. The van der Waals surface area contributed by atoms with Gasteiger partial charge in [-0.2, -0.15) is 5.10 Å². The third-order valence-corrected chi connectivity index (χ3v) is 9.74. The summed E-state index contributed by atoms with van der Waals surface area (Å²) in [7, 11) is 2.15. The van der Waals surface area contributed by atoms with Gasteiger partial charge in [-0.3, -0.25) is 4.68 Å². The van der Waals surface area contributed by atoms with Crippen LogP contribution in [-0.4, -0.2) is 16.8 Å². The van der Waals surface area contributed by atoms with Crippen LogP contribution in [0.1, 0.15) is 147 Å². The molecule has 0 amide bonds.